The molecule has 0 saturated carbocycles. The maximum Gasteiger partial charge on any atom is 0.272 e. The van der Waals surface area contributed by atoms with Gasteiger partial charge in [0.2, 0.25) is 0 Å². The van der Waals surface area contributed by atoms with Crippen molar-refractivity contribution >= 4 is 58.5 Å². The molecule has 0 unspecified atom stereocenters. The third-order valence-corrected chi connectivity index (χ3v) is 7.43. The Morgan fingerprint density at radius 2 is 1.50 bits per heavy atom. The second kappa shape index (κ2) is 11.3. The van der Waals surface area contributed by atoms with E-state index >= 15 is 0 Å². The van der Waals surface area contributed by atoms with Gasteiger partial charge in [-0.05, 0) is 77.0 Å². The number of benzene rings is 3. The molecule has 2 heterocycles. The molecule has 1 aliphatic heterocycles. The summed E-state index contributed by atoms with van der Waals surface area (Å²) < 4.78 is 0. The highest BCUT2D eigenvalue weighted by Crippen LogP contribution is 2.28. The van der Waals surface area contributed by atoms with E-state index in [9.17, 15) is 19.2 Å². The van der Waals surface area contributed by atoms with Gasteiger partial charge in [-0.2, -0.15) is 11.3 Å². The number of rotatable bonds is 8. The van der Waals surface area contributed by atoms with Gasteiger partial charge >= 0.3 is 0 Å². The van der Waals surface area contributed by atoms with E-state index in [2.05, 4.69) is 10.6 Å². The number of thioether (sulfide) groups is 1. The van der Waals surface area contributed by atoms with Crippen molar-refractivity contribution in [3.8, 4) is 0 Å². The molecule has 3 aromatic carbocycles. The van der Waals surface area contributed by atoms with Gasteiger partial charge < -0.3 is 10.6 Å². The lowest BCUT2D eigenvalue weighted by Gasteiger charge is -2.14. The normalized spacial score (nSPS) is 12.8. The zero-order valence-corrected chi connectivity index (χ0v) is 21.6. The molecule has 0 spiro atoms. The Bertz CT molecular complexity index is 1500. The molecule has 0 saturated heterocycles. The van der Waals surface area contributed by atoms with Crippen molar-refractivity contribution in [2.75, 3.05) is 11.2 Å². The van der Waals surface area contributed by atoms with Crippen LogP contribution in [0.3, 0.4) is 0 Å². The molecule has 38 heavy (non-hydrogen) atoms. The number of imide groups is 1. The van der Waals surface area contributed by atoms with Crippen molar-refractivity contribution in [2.45, 2.75) is 4.90 Å². The van der Waals surface area contributed by atoms with Crippen LogP contribution in [0.4, 0.5) is 5.69 Å². The lowest BCUT2D eigenvalue weighted by Crippen LogP contribution is -2.30. The predicted octanol–water partition coefficient (Wildman–Crippen LogP) is 5.50. The first-order chi connectivity index (χ1) is 18.5. The Balaban J connectivity index is 1.23. The summed E-state index contributed by atoms with van der Waals surface area (Å²) in [7, 11) is 0. The van der Waals surface area contributed by atoms with Crippen molar-refractivity contribution in [2.24, 2.45) is 0 Å². The molecule has 188 valence electrons. The summed E-state index contributed by atoms with van der Waals surface area (Å²) in [6.07, 6.45) is 1.62. The average Bonchev–Trinajstić information content (AvgIpc) is 3.55. The molecule has 2 N–H and O–H groups in total. The van der Waals surface area contributed by atoms with Gasteiger partial charge in [0.1, 0.15) is 5.70 Å². The van der Waals surface area contributed by atoms with Crippen LogP contribution >= 0.6 is 23.1 Å². The van der Waals surface area contributed by atoms with E-state index in [0.717, 1.165) is 10.5 Å². The number of hydrogen-bond donors (Lipinski definition) is 2. The van der Waals surface area contributed by atoms with Gasteiger partial charge in [-0.15, -0.1) is 11.8 Å². The monoisotopic (exact) mass is 539 g/mol. The van der Waals surface area contributed by atoms with E-state index < -0.39 is 5.91 Å². The van der Waals surface area contributed by atoms with Crippen LogP contribution in [0.25, 0.3) is 6.08 Å². The van der Waals surface area contributed by atoms with Crippen LogP contribution in [0.1, 0.15) is 36.6 Å². The van der Waals surface area contributed by atoms with Gasteiger partial charge in [-0.3, -0.25) is 24.1 Å². The van der Waals surface area contributed by atoms with Crippen molar-refractivity contribution in [1.29, 1.82) is 0 Å². The number of amides is 4. The third kappa shape index (κ3) is 5.59. The fraction of sp³-hybridized carbons (Fsp3) is 0.0345. The molecular formula is C29H21N3O4S2. The summed E-state index contributed by atoms with van der Waals surface area (Å²) in [5, 5.41) is 9.29. The van der Waals surface area contributed by atoms with Crippen LogP contribution in [0, 0.1) is 0 Å². The maximum atomic E-state index is 13.1. The van der Waals surface area contributed by atoms with E-state index in [4.69, 9.17) is 0 Å². The lowest BCUT2D eigenvalue weighted by molar-refractivity contribution is -0.113. The lowest BCUT2D eigenvalue weighted by atomic mass is 10.1. The molecule has 0 bridgehead atoms. The average molecular weight is 540 g/mol. The highest BCUT2D eigenvalue weighted by Gasteiger charge is 2.34. The minimum Gasteiger partial charge on any atom is -0.321 e. The molecular weight excluding hydrogens is 518 g/mol. The molecule has 4 aromatic rings. The summed E-state index contributed by atoms with van der Waals surface area (Å²) in [5.74, 6) is -1.28. The first-order valence-electron chi connectivity index (χ1n) is 11.6. The Labute approximate surface area is 227 Å². The van der Waals surface area contributed by atoms with Crippen LogP contribution in [-0.4, -0.2) is 34.4 Å². The van der Waals surface area contributed by atoms with Crippen LogP contribution in [0.2, 0.25) is 0 Å². The number of nitrogens with zero attached hydrogens (tertiary/aromatic N) is 1. The quantitative estimate of drug-likeness (QED) is 0.175. The number of anilines is 1. The van der Waals surface area contributed by atoms with Crippen LogP contribution in [-0.2, 0) is 4.79 Å². The molecule has 4 amide bonds. The van der Waals surface area contributed by atoms with E-state index in [1.165, 1.54) is 28.0 Å². The first kappa shape index (κ1) is 25.2. The Morgan fingerprint density at radius 1 is 0.842 bits per heavy atom. The zero-order valence-electron chi connectivity index (χ0n) is 19.9. The number of hydrogen-bond acceptors (Lipinski definition) is 6. The van der Waals surface area contributed by atoms with E-state index in [1.54, 1.807) is 78.9 Å². The number of carbonyl (C=O) groups is 4. The van der Waals surface area contributed by atoms with Gasteiger partial charge in [-0.1, -0.05) is 30.3 Å². The standard InChI is InChI=1S/C29H21N3O4S2/c33-26(20-6-2-1-3-7-20)31-25(16-19-14-15-37-17-19)27(34)30-21-10-12-22(13-11-21)38-18-32-28(35)23-8-4-5-9-24(23)29(32)36/h1-17H,18H2,(H,30,34)(H,31,33)/b25-16-. The van der Waals surface area contributed by atoms with Crippen LogP contribution < -0.4 is 10.6 Å². The third-order valence-electron chi connectivity index (χ3n) is 5.73. The maximum absolute atomic E-state index is 13.1. The number of fused-ring (bicyclic) bond motifs is 1. The molecule has 5 rings (SSSR count). The Morgan fingerprint density at radius 3 is 2.13 bits per heavy atom. The van der Waals surface area contributed by atoms with Gasteiger partial charge in [0.15, 0.2) is 0 Å². The Kier molecular flexibility index (Phi) is 7.48. The van der Waals surface area contributed by atoms with Gasteiger partial charge in [-0.25, -0.2) is 0 Å². The number of thiophene rings is 1. The Hall–Kier alpha value is -4.47. The predicted molar refractivity (Wildman–Crippen MR) is 149 cm³/mol. The fourth-order valence-electron chi connectivity index (χ4n) is 3.79. The summed E-state index contributed by atoms with van der Waals surface area (Å²) in [6, 6.07) is 24.4. The molecule has 1 aliphatic rings. The summed E-state index contributed by atoms with van der Waals surface area (Å²) >= 11 is 2.83. The van der Waals surface area contributed by atoms with E-state index in [1.807, 2.05) is 22.9 Å². The minimum absolute atomic E-state index is 0.112. The second-order valence-electron chi connectivity index (χ2n) is 8.27. The number of carbonyl (C=O) groups excluding carboxylic acids is 4. The molecule has 9 heteroatoms. The first-order valence-corrected chi connectivity index (χ1v) is 13.5. The molecule has 0 aliphatic carbocycles. The largest absolute Gasteiger partial charge is 0.321 e. The van der Waals surface area contributed by atoms with Crippen molar-refractivity contribution < 1.29 is 19.2 Å². The van der Waals surface area contributed by atoms with Gasteiger partial charge in [0.05, 0.1) is 17.0 Å². The summed E-state index contributed by atoms with van der Waals surface area (Å²) in [6.45, 7) is 0. The second-order valence-corrected chi connectivity index (χ2v) is 10.1. The smallest absolute Gasteiger partial charge is 0.272 e. The van der Waals surface area contributed by atoms with Crippen LogP contribution in [0.15, 0.2) is 106 Å². The molecule has 0 fully saturated rings. The molecule has 7 nitrogen and oxygen atoms in total. The van der Waals surface area contributed by atoms with Crippen molar-refractivity contribution in [1.82, 2.24) is 10.2 Å². The zero-order chi connectivity index (χ0) is 26.5. The highest BCUT2D eigenvalue weighted by atomic mass is 32.2. The SMILES string of the molecule is O=C(Nc1ccc(SCN2C(=O)c3ccccc3C2=O)cc1)/C(=C/c1ccsc1)NC(=O)c1ccccc1. The van der Waals surface area contributed by atoms with Crippen molar-refractivity contribution in [3.63, 3.8) is 0 Å². The summed E-state index contributed by atoms with van der Waals surface area (Å²) in [4.78, 5) is 53.0. The van der Waals surface area contributed by atoms with Gasteiger partial charge in [0, 0.05) is 16.1 Å². The van der Waals surface area contributed by atoms with E-state index in [-0.39, 0.29) is 29.3 Å². The molecule has 0 radical (unpaired) electrons. The van der Waals surface area contributed by atoms with Gasteiger partial charge in [0.25, 0.3) is 23.6 Å². The topological polar surface area (TPSA) is 95.6 Å². The minimum atomic E-state index is -0.466. The molecule has 0 atom stereocenters. The fourth-order valence-corrected chi connectivity index (χ4v) is 5.25. The highest BCUT2D eigenvalue weighted by molar-refractivity contribution is 7.99. The number of nitrogens with one attached hydrogen (secondary N) is 2. The van der Waals surface area contributed by atoms with Crippen molar-refractivity contribution in [3.05, 3.63) is 124 Å². The summed E-state index contributed by atoms with van der Waals surface area (Å²) in [5.41, 5.74) is 2.72. The van der Waals surface area contributed by atoms with Crippen LogP contribution in [0.5, 0.6) is 0 Å². The molecule has 1 aromatic heterocycles. The van der Waals surface area contributed by atoms with E-state index in [0.29, 0.717) is 22.4 Å².